The zero-order valence-electron chi connectivity index (χ0n) is 8.51. The van der Waals surface area contributed by atoms with Crippen molar-refractivity contribution in [3.8, 4) is 0 Å². The molecule has 0 atom stereocenters. The highest BCUT2D eigenvalue weighted by atomic mass is 35.5. The van der Waals surface area contributed by atoms with Crippen LogP contribution in [0.3, 0.4) is 0 Å². The van der Waals surface area contributed by atoms with Gasteiger partial charge in [-0.25, -0.2) is 23.1 Å². The van der Waals surface area contributed by atoms with Crippen LogP contribution in [-0.2, 0) is 11.2 Å². The molecule has 1 heterocycles. The van der Waals surface area contributed by atoms with Gasteiger partial charge in [-0.2, -0.15) is 0 Å². The van der Waals surface area contributed by atoms with Crippen LogP contribution in [0, 0.1) is 12.7 Å². The maximum absolute atomic E-state index is 13.0. The first kappa shape index (κ1) is 13.2. The second-order valence-electron chi connectivity index (χ2n) is 3.05. The van der Waals surface area contributed by atoms with Crippen molar-refractivity contribution in [2.24, 2.45) is 0 Å². The van der Waals surface area contributed by atoms with Gasteiger partial charge in [0.1, 0.15) is 12.4 Å². The first-order valence-corrected chi connectivity index (χ1v) is 4.93. The molecular formula is C9H10ClF3N2O. The zero-order chi connectivity index (χ0) is 12.1. The van der Waals surface area contributed by atoms with Crippen molar-refractivity contribution in [2.75, 3.05) is 13.2 Å². The van der Waals surface area contributed by atoms with Gasteiger partial charge in [-0.15, -0.1) is 0 Å². The van der Waals surface area contributed by atoms with E-state index in [1.807, 2.05) is 0 Å². The fourth-order valence-electron chi connectivity index (χ4n) is 1.03. The lowest BCUT2D eigenvalue weighted by molar-refractivity contribution is 0.0182. The molecule has 16 heavy (non-hydrogen) atoms. The summed E-state index contributed by atoms with van der Waals surface area (Å²) in [5, 5.41) is -0.267. The normalized spacial score (nSPS) is 11.1. The van der Waals surface area contributed by atoms with E-state index in [4.69, 9.17) is 11.6 Å². The number of alkyl halides is 2. The third-order valence-corrected chi connectivity index (χ3v) is 1.99. The van der Waals surface area contributed by atoms with Crippen molar-refractivity contribution in [1.82, 2.24) is 9.97 Å². The monoisotopic (exact) mass is 254 g/mol. The Kier molecular flexibility index (Phi) is 4.95. The minimum Gasteiger partial charge on any atom is -0.375 e. The molecule has 0 saturated carbocycles. The highest BCUT2D eigenvalue weighted by Crippen LogP contribution is 2.13. The number of ether oxygens (including phenoxy) is 1. The van der Waals surface area contributed by atoms with Crippen LogP contribution >= 0.6 is 11.6 Å². The summed E-state index contributed by atoms with van der Waals surface area (Å²) < 4.78 is 41.1. The van der Waals surface area contributed by atoms with E-state index in [1.54, 1.807) is 0 Å². The SMILES string of the molecule is Cc1nc(CCOCC(F)F)nc(Cl)c1F. The summed E-state index contributed by atoms with van der Waals surface area (Å²) in [5.41, 5.74) is 0.129. The van der Waals surface area contributed by atoms with Gasteiger partial charge in [-0.05, 0) is 6.92 Å². The number of rotatable bonds is 5. The van der Waals surface area contributed by atoms with Gasteiger partial charge in [0.25, 0.3) is 6.43 Å². The quantitative estimate of drug-likeness (QED) is 0.598. The molecule has 0 aliphatic carbocycles. The Morgan fingerprint density at radius 1 is 1.38 bits per heavy atom. The smallest absolute Gasteiger partial charge is 0.261 e. The molecule has 1 rings (SSSR count). The van der Waals surface area contributed by atoms with Gasteiger partial charge in [0, 0.05) is 6.42 Å². The number of nitrogens with zero attached hydrogens (tertiary/aromatic N) is 2. The number of hydrogen-bond acceptors (Lipinski definition) is 3. The Balaban J connectivity index is 2.49. The van der Waals surface area contributed by atoms with Crippen LogP contribution in [0.5, 0.6) is 0 Å². The molecule has 3 nitrogen and oxygen atoms in total. The lowest BCUT2D eigenvalue weighted by Gasteiger charge is -2.04. The molecule has 0 radical (unpaired) electrons. The summed E-state index contributed by atoms with van der Waals surface area (Å²) in [4.78, 5) is 7.47. The Morgan fingerprint density at radius 2 is 2.06 bits per heavy atom. The van der Waals surface area contributed by atoms with Crippen LogP contribution in [0.15, 0.2) is 0 Å². The highest BCUT2D eigenvalue weighted by Gasteiger charge is 2.09. The molecule has 0 N–H and O–H groups in total. The van der Waals surface area contributed by atoms with Gasteiger partial charge in [-0.3, -0.25) is 0 Å². The molecule has 0 unspecified atom stereocenters. The van der Waals surface area contributed by atoms with Gasteiger partial charge in [-0.1, -0.05) is 11.6 Å². The number of halogens is 4. The Morgan fingerprint density at radius 3 is 2.62 bits per heavy atom. The summed E-state index contributed by atoms with van der Waals surface area (Å²) in [5.74, 6) is -0.392. The molecule has 1 aromatic rings. The van der Waals surface area contributed by atoms with Crippen molar-refractivity contribution in [1.29, 1.82) is 0 Å². The van der Waals surface area contributed by atoms with E-state index >= 15 is 0 Å². The predicted molar refractivity (Wildman–Crippen MR) is 52.3 cm³/mol. The van der Waals surface area contributed by atoms with E-state index < -0.39 is 18.8 Å². The number of hydrogen-bond donors (Lipinski definition) is 0. The summed E-state index contributed by atoms with van der Waals surface area (Å²) >= 11 is 5.50. The molecule has 0 bridgehead atoms. The van der Waals surface area contributed by atoms with Crippen LogP contribution < -0.4 is 0 Å². The highest BCUT2D eigenvalue weighted by molar-refractivity contribution is 6.29. The van der Waals surface area contributed by atoms with Crippen LogP contribution in [0.4, 0.5) is 13.2 Å². The lowest BCUT2D eigenvalue weighted by atomic mass is 10.3. The van der Waals surface area contributed by atoms with Gasteiger partial charge < -0.3 is 4.74 Å². The summed E-state index contributed by atoms with van der Waals surface area (Å²) in [6, 6.07) is 0. The van der Waals surface area contributed by atoms with E-state index in [0.717, 1.165) is 0 Å². The maximum Gasteiger partial charge on any atom is 0.261 e. The average Bonchev–Trinajstić information content (AvgIpc) is 2.20. The van der Waals surface area contributed by atoms with Gasteiger partial charge in [0.05, 0.1) is 12.3 Å². The Labute approximate surface area is 95.6 Å². The van der Waals surface area contributed by atoms with Gasteiger partial charge in [0.2, 0.25) is 0 Å². The standard InChI is InChI=1S/C9H10ClF3N2O/c1-5-8(13)9(10)15-7(14-5)2-3-16-4-6(11)12/h6H,2-4H2,1H3. The summed E-state index contributed by atoms with van der Waals surface area (Å²) in [7, 11) is 0. The van der Waals surface area contributed by atoms with E-state index in [0.29, 0.717) is 0 Å². The molecule has 7 heteroatoms. The first-order valence-electron chi connectivity index (χ1n) is 4.55. The molecule has 90 valence electrons. The Bertz CT molecular complexity index is 340. The minimum atomic E-state index is -2.50. The zero-order valence-corrected chi connectivity index (χ0v) is 9.27. The number of aryl methyl sites for hydroxylation is 1. The Hall–Kier alpha value is -0.880. The van der Waals surface area contributed by atoms with Crippen LogP contribution in [0.25, 0.3) is 0 Å². The third kappa shape index (κ3) is 3.94. The van der Waals surface area contributed by atoms with Crippen LogP contribution in [0.1, 0.15) is 11.5 Å². The fourth-order valence-corrected chi connectivity index (χ4v) is 1.26. The third-order valence-electron chi connectivity index (χ3n) is 1.74. The van der Waals surface area contributed by atoms with E-state index in [1.165, 1.54) is 6.92 Å². The van der Waals surface area contributed by atoms with Crippen molar-refractivity contribution in [3.05, 3.63) is 22.5 Å². The minimum absolute atomic E-state index is 0.0474. The maximum atomic E-state index is 13.0. The van der Waals surface area contributed by atoms with E-state index in [9.17, 15) is 13.2 Å². The molecule has 0 aliphatic heterocycles. The number of aromatic nitrogens is 2. The van der Waals surface area contributed by atoms with Gasteiger partial charge in [0.15, 0.2) is 11.0 Å². The predicted octanol–water partition coefficient (Wildman–Crippen LogP) is 2.40. The largest absolute Gasteiger partial charge is 0.375 e. The van der Waals surface area contributed by atoms with Crippen molar-refractivity contribution < 1.29 is 17.9 Å². The molecule has 1 aromatic heterocycles. The van der Waals surface area contributed by atoms with E-state index in [2.05, 4.69) is 14.7 Å². The van der Waals surface area contributed by atoms with E-state index in [-0.39, 0.29) is 29.7 Å². The summed E-state index contributed by atoms with van der Waals surface area (Å²) in [6.07, 6.45) is -2.28. The molecule has 0 fully saturated rings. The topological polar surface area (TPSA) is 35.0 Å². The average molecular weight is 255 g/mol. The second kappa shape index (κ2) is 6.00. The molecule has 0 amide bonds. The second-order valence-corrected chi connectivity index (χ2v) is 3.40. The molecule has 0 aliphatic rings. The molecule has 0 spiro atoms. The lowest BCUT2D eigenvalue weighted by Crippen LogP contribution is -2.09. The molecule has 0 aromatic carbocycles. The van der Waals surface area contributed by atoms with Crippen molar-refractivity contribution in [3.63, 3.8) is 0 Å². The van der Waals surface area contributed by atoms with Crippen LogP contribution in [-0.4, -0.2) is 29.6 Å². The first-order chi connectivity index (χ1) is 7.50. The van der Waals surface area contributed by atoms with Crippen molar-refractivity contribution >= 4 is 11.6 Å². The molecular weight excluding hydrogens is 245 g/mol. The van der Waals surface area contributed by atoms with Crippen molar-refractivity contribution in [2.45, 2.75) is 19.8 Å². The fraction of sp³-hybridized carbons (Fsp3) is 0.556. The van der Waals surface area contributed by atoms with Gasteiger partial charge >= 0.3 is 0 Å². The molecule has 0 saturated heterocycles. The summed E-state index contributed by atoms with van der Waals surface area (Å²) in [6.45, 7) is 0.867. The van der Waals surface area contributed by atoms with Crippen LogP contribution in [0.2, 0.25) is 5.15 Å².